The number of rotatable bonds is 8. The molecule has 3 atom stereocenters. The third-order valence-corrected chi connectivity index (χ3v) is 7.83. The van der Waals surface area contributed by atoms with Crippen molar-refractivity contribution in [2.45, 2.75) is 44.4 Å². The van der Waals surface area contributed by atoms with E-state index >= 15 is 0 Å². The minimum atomic E-state index is -4.11. The van der Waals surface area contributed by atoms with Crippen LogP contribution >= 0.6 is 0 Å². The number of nitrogens with zero attached hydrogens (tertiary/aromatic N) is 1. The molecule has 0 radical (unpaired) electrons. The maximum Gasteiger partial charge on any atom is 0.401 e. The predicted octanol–water partition coefficient (Wildman–Crippen LogP) is 4.82. The van der Waals surface area contributed by atoms with Crippen molar-refractivity contribution in [3.8, 4) is 5.75 Å². The SMILES string of the molecule is COC1CC(C(=O)Nc2c[nH]c3ccc(OCC[C@@H]4C[C@@H]5CN(CC(F)(F)F)C[C@@H]5C4)cc23)C1. The highest BCUT2D eigenvalue weighted by Crippen LogP contribution is 2.43. The van der Waals surface area contributed by atoms with Crippen molar-refractivity contribution < 1.29 is 27.4 Å². The van der Waals surface area contributed by atoms with Crippen molar-refractivity contribution in [1.29, 1.82) is 0 Å². The van der Waals surface area contributed by atoms with E-state index in [1.807, 2.05) is 18.2 Å². The summed E-state index contributed by atoms with van der Waals surface area (Å²) < 4.78 is 49.2. The van der Waals surface area contributed by atoms with E-state index < -0.39 is 12.7 Å². The lowest BCUT2D eigenvalue weighted by atomic mass is 9.81. The Hall–Kier alpha value is -2.26. The van der Waals surface area contributed by atoms with E-state index in [4.69, 9.17) is 9.47 Å². The van der Waals surface area contributed by atoms with Gasteiger partial charge in [0.15, 0.2) is 0 Å². The Balaban J connectivity index is 1.10. The van der Waals surface area contributed by atoms with Gasteiger partial charge in [0, 0.05) is 43.2 Å². The number of halogens is 3. The molecule has 0 spiro atoms. The summed E-state index contributed by atoms with van der Waals surface area (Å²) in [4.78, 5) is 17.3. The van der Waals surface area contributed by atoms with Gasteiger partial charge in [0.05, 0.1) is 24.9 Å². The number of hydrogen-bond acceptors (Lipinski definition) is 4. The second-order valence-corrected chi connectivity index (χ2v) is 10.2. The molecule has 3 aliphatic rings. The molecule has 0 bridgehead atoms. The molecule has 6 nitrogen and oxygen atoms in total. The quantitative estimate of drug-likeness (QED) is 0.570. The van der Waals surface area contributed by atoms with Gasteiger partial charge in [0.2, 0.25) is 5.91 Å². The van der Waals surface area contributed by atoms with Gasteiger partial charge in [0.25, 0.3) is 0 Å². The van der Waals surface area contributed by atoms with Crippen LogP contribution in [0.5, 0.6) is 5.75 Å². The molecule has 2 saturated carbocycles. The van der Waals surface area contributed by atoms with E-state index in [9.17, 15) is 18.0 Å². The standard InChI is InChI=1S/C25H32F3N3O3/c1-33-20-8-16(9-20)24(32)30-23-11-29-22-3-2-19(10-21(22)23)34-5-4-15-6-17-12-31(13-18(17)7-15)14-25(26,27)28/h2-3,10-11,15-18,20,29H,4-9,12-14H2,1H3,(H,30,32)/t15-,16?,17-,18+,20?. The van der Waals surface area contributed by atoms with Gasteiger partial charge in [-0.1, -0.05) is 0 Å². The van der Waals surface area contributed by atoms with Crippen LogP contribution in [-0.4, -0.2) is 61.4 Å². The maximum atomic E-state index is 12.6. The molecular formula is C25H32F3N3O3. The van der Waals surface area contributed by atoms with Crippen LogP contribution in [0.15, 0.2) is 24.4 Å². The van der Waals surface area contributed by atoms with Crippen molar-refractivity contribution in [2.75, 3.05) is 38.7 Å². The zero-order chi connectivity index (χ0) is 23.9. The number of aromatic amines is 1. The molecule has 2 N–H and O–H groups in total. The van der Waals surface area contributed by atoms with E-state index in [-0.39, 0.29) is 17.9 Å². The largest absolute Gasteiger partial charge is 0.494 e. The number of aromatic nitrogens is 1. The van der Waals surface area contributed by atoms with Crippen molar-refractivity contribution >= 4 is 22.5 Å². The van der Waals surface area contributed by atoms with E-state index in [0.717, 1.165) is 54.4 Å². The second kappa shape index (κ2) is 9.41. The Labute approximate surface area is 197 Å². The fourth-order valence-corrected chi connectivity index (χ4v) is 5.98. The topological polar surface area (TPSA) is 66.6 Å². The molecule has 3 fully saturated rings. The molecule has 5 rings (SSSR count). The van der Waals surface area contributed by atoms with Crippen LogP contribution in [0.4, 0.5) is 18.9 Å². The van der Waals surface area contributed by atoms with Gasteiger partial charge in [-0.3, -0.25) is 9.69 Å². The lowest BCUT2D eigenvalue weighted by molar-refractivity contribution is -0.144. The van der Waals surface area contributed by atoms with E-state index in [1.54, 1.807) is 18.2 Å². The van der Waals surface area contributed by atoms with Gasteiger partial charge in [-0.15, -0.1) is 0 Å². The molecule has 1 aliphatic heterocycles. The Morgan fingerprint density at radius 3 is 2.59 bits per heavy atom. The number of hydrogen-bond donors (Lipinski definition) is 2. The first-order valence-electron chi connectivity index (χ1n) is 12.1. The molecular weight excluding hydrogens is 447 g/mol. The summed E-state index contributed by atoms with van der Waals surface area (Å²) >= 11 is 0. The smallest absolute Gasteiger partial charge is 0.401 e. The number of benzene rings is 1. The van der Waals surface area contributed by atoms with Crippen molar-refractivity contribution in [3.63, 3.8) is 0 Å². The summed E-state index contributed by atoms with van der Waals surface area (Å²) in [5.74, 6) is 2.02. The molecule has 0 unspecified atom stereocenters. The van der Waals surface area contributed by atoms with Crippen LogP contribution in [0.1, 0.15) is 32.1 Å². The highest BCUT2D eigenvalue weighted by Gasteiger charge is 2.43. The summed E-state index contributed by atoms with van der Waals surface area (Å²) in [5.41, 5.74) is 1.68. The Morgan fingerprint density at radius 2 is 1.91 bits per heavy atom. The number of carbonyl (C=O) groups excluding carboxylic acids is 1. The predicted molar refractivity (Wildman–Crippen MR) is 123 cm³/mol. The zero-order valence-corrected chi connectivity index (χ0v) is 19.4. The summed E-state index contributed by atoms with van der Waals surface area (Å²) in [6.07, 6.45) is 2.25. The molecule has 9 heteroatoms. The highest BCUT2D eigenvalue weighted by molar-refractivity contribution is 6.03. The normalized spacial score (nSPS) is 29.2. The lowest BCUT2D eigenvalue weighted by Crippen LogP contribution is -2.38. The molecule has 1 amide bonds. The number of fused-ring (bicyclic) bond motifs is 2. The first-order valence-corrected chi connectivity index (χ1v) is 12.1. The van der Waals surface area contributed by atoms with Crippen molar-refractivity contribution in [1.82, 2.24) is 9.88 Å². The summed E-state index contributed by atoms with van der Waals surface area (Å²) in [5, 5.41) is 3.93. The van der Waals surface area contributed by atoms with E-state index in [2.05, 4.69) is 10.3 Å². The molecule has 2 aliphatic carbocycles. The number of likely N-dealkylation sites (tertiary alicyclic amines) is 1. The van der Waals surface area contributed by atoms with Gasteiger partial charge in [0.1, 0.15) is 5.75 Å². The Morgan fingerprint density at radius 1 is 1.18 bits per heavy atom. The van der Waals surface area contributed by atoms with Crippen LogP contribution in [0.3, 0.4) is 0 Å². The summed E-state index contributed by atoms with van der Waals surface area (Å²) in [7, 11) is 1.67. The summed E-state index contributed by atoms with van der Waals surface area (Å²) in [6, 6.07) is 5.80. The minimum Gasteiger partial charge on any atom is -0.494 e. The van der Waals surface area contributed by atoms with Gasteiger partial charge in [-0.05, 0) is 68.1 Å². The minimum absolute atomic E-state index is 0.0132. The van der Waals surface area contributed by atoms with Crippen molar-refractivity contribution in [2.24, 2.45) is 23.7 Å². The number of methoxy groups -OCH3 is 1. The maximum absolute atomic E-state index is 12.6. The van der Waals surface area contributed by atoms with E-state index in [0.29, 0.717) is 37.5 Å². The van der Waals surface area contributed by atoms with Crippen LogP contribution in [-0.2, 0) is 9.53 Å². The Kier molecular flexibility index (Phi) is 6.50. The first-order chi connectivity index (χ1) is 16.3. The second-order valence-electron chi connectivity index (χ2n) is 10.2. The average Bonchev–Trinajstić information content (AvgIpc) is 3.39. The number of ether oxygens (including phenoxy) is 2. The number of nitrogens with one attached hydrogen (secondary N) is 2. The van der Waals surface area contributed by atoms with Crippen LogP contribution in [0, 0.1) is 23.7 Å². The molecule has 2 heterocycles. The molecule has 186 valence electrons. The van der Waals surface area contributed by atoms with Gasteiger partial charge in [-0.25, -0.2) is 0 Å². The molecule has 34 heavy (non-hydrogen) atoms. The number of H-pyrrole nitrogens is 1. The zero-order valence-electron chi connectivity index (χ0n) is 19.4. The number of alkyl halides is 3. The monoisotopic (exact) mass is 479 g/mol. The highest BCUT2D eigenvalue weighted by atomic mass is 19.4. The Bertz CT molecular complexity index is 1000. The molecule has 1 saturated heterocycles. The third-order valence-electron chi connectivity index (χ3n) is 7.83. The number of carbonyl (C=O) groups is 1. The molecule has 1 aromatic heterocycles. The number of amides is 1. The third kappa shape index (κ3) is 5.20. The number of anilines is 1. The fraction of sp³-hybridized carbons (Fsp3) is 0.640. The first kappa shape index (κ1) is 23.5. The van der Waals surface area contributed by atoms with E-state index in [1.165, 1.54) is 0 Å². The van der Waals surface area contributed by atoms with Crippen LogP contribution < -0.4 is 10.1 Å². The van der Waals surface area contributed by atoms with Gasteiger partial charge in [-0.2, -0.15) is 13.2 Å². The fourth-order valence-electron chi connectivity index (χ4n) is 5.98. The van der Waals surface area contributed by atoms with Crippen molar-refractivity contribution in [3.05, 3.63) is 24.4 Å². The average molecular weight is 480 g/mol. The van der Waals surface area contributed by atoms with Gasteiger partial charge < -0.3 is 19.8 Å². The lowest BCUT2D eigenvalue weighted by Gasteiger charge is -2.32. The molecule has 1 aromatic carbocycles. The van der Waals surface area contributed by atoms with Crippen LogP contribution in [0.25, 0.3) is 10.9 Å². The molecule has 2 aromatic rings. The van der Waals surface area contributed by atoms with Gasteiger partial charge >= 0.3 is 6.18 Å². The van der Waals surface area contributed by atoms with Crippen LogP contribution in [0.2, 0.25) is 0 Å². The summed E-state index contributed by atoms with van der Waals surface area (Å²) in [6.45, 7) is 0.918.